The minimum Gasteiger partial charge on any atom is -0.399 e. The largest absolute Gasteiger partial charge is 0.399 e. The summed E-state index contributed by atoms with van der Waals surface area (Å²) in [5.74, 6) is -0.270. The van der Waals surface area contributed by atoms with Crippen molar-refractivity contribution in [3.05, 3.63) is 45.7 Å². The van der Waals surface area contributed by atoms with Crippen LogP contribution in [0.25, 0.3) is 0 Å². The SMILES string of the molecule is CCc1cnc(C(C)NCc2ccc(N)cc2F)s1. The van der Waals surface area contributed by atoms with Crippen LogP contribution in [-0.4, -0.2) is 4.98 Å². The summed E-state index contributed by atoms with van der Waals surface area (Å²) >= 11 is 1.70. The first-order valence-corrected chi connectivity index (χ1v) is 7.13. The molecule has 0 aliphatic heterocycles. The summed E-state index contributed by atoms with van der Waals surface area (Å²) < 4.78 is 13.6. The van der Waals surface area contributed by atoms with Gasteiger partial charge in [0.25, 0.3) is 0 Å². The Balaban J connectivity index is 1.98. The molecule has 1 unspecified atom stereocenters. The van der Waals surface area contributed by atoms with Gasteiger partial charge in [0.1, 0.15) is 10.8 Å². The van der Waals surface area contributed by atoms with Gasteiger partial charge in [-0.1, -0.05) is 13.0 Å². The summed E-state index contributed by atoms with van der Waals surface area (Å²) in [5.41, 5.74) is 6.59. The number of rotatable bonds is 5. The Labute approximate surface area is 116 Å². The number of hydrogen-bond donors (Lipinski definition) is 2. The molecular weight excluding hydrogens is 261 g/mol. The molecule has 2 aromatic rings. The van der Waals surface area contributed by atoms with E-state index in [1.807, 2.05) is 13.1 Å². The maximum absolute atomic E-state index is 13.6. The van der Waals surface area contributed by atoms with Crippen LogP contribution < -0.4 is 11.1 Å². The van der Waals surface area contributed by atoms with Crippen molar-refractivity contribution >= 4 is 17.0 Å². The summed E-state index contributed by atoms with van der Waals surface area (Å²) in [7, 11) is 0. The molecule has 1 heterocycles. The molecule has 1 atom stereocenters. The van der Waals surface area contributed by atoms with Crippen molar-refractivity contribution in [2.24, 2.45) is 0 Å². The van der Waals surface area contributed by atoms with E-state index >= 15 is 0 Å². The van der Waals surface area contributed by atoms with Gasteiger partial charge in [-0.05, 0) is 25.5 Å². The monoisotopic (exact) mass is 279 g/mol. The Bertz CT molecular complexity index is 553. The number of nitrogens with two attached hydrogens (primary N) is 1. The molecule has 3 nitrogen and oxygen atoms in total. The highest BCUT2D eigenvalue weighted by Gasteiger charge is 2.10. The molecule has 5 heteroatoms. The number of aryl methyl sites for hydroxylation is 1. The van der Waals surface area contributed by atoms with Crippen LogP contribution in [0.15, 0.2) is 24.4 Å². The molecule has 0 saturated heterocycles. The van der Waals surface area contributed by atoms with Crippen molar-refractivity contribution in [3.63, 3.8) is 0 Å². The minimum atomic E-state index is -0.270. The lowest BCUT2D eigenvalue weighted by atomic mass is 10.2. The molecule has 0 saturated carbocycles. The molecule has 2 rings (SSSR count). The number of halogens is 1. The second-order valence-electron chi connectivity index (χ2n) is 4.47. The quantitative estimate of drug-likeness (QED) is 0.826. The van der Waals surface area contributed by atoms with Crippen molar-refractivity contribution in [2.45, 2.75) is 32.9 Å². The molecule has 1 aromatic carbocycles. The lowest BCUT2D eigenvalue weighted by Gasteiger charge is -2.11. The number of hydrogen-bond acceptors (Lipinski definition) is 4. The van der Waals surface area contributed by atoms with E-state index in [1.165, 1.54) is 10.9 Å². The fourth-order valence-corrected chi connectivity index (χ4v) is 2.63. The van der Waals surface area contributed by atoms with Gasteiger partial charge in [0.2, 0.25) is 0 Å². The molecule has 0 aliphatic rings. The van der Waals surface area contributed by atoms with E-state index in [9.17, 15) is 4.39 Å². The Kier molecular flexibility index (Phi) is 4.50. The van der Waals surface area contributed by atoms with Crippen LogP contribution in [0.5, 0.6) is 0 Å². The second-order valence-corrected chi connectivity index (χ2v) is 5.62. The molecule has 0 aliphatic carbocycles. The van der Waals surface area contributed by atoms with Crippen LogP contribution in [0.2, 0.25) is 0 Å². The molecule has 0 radical (unpaired) electrons. The molecule has 1 aromatic heterocycles. The highest BCUT2D eigenvalue weighted by molar-refractivity contribution is 7.11. The molecule has 102 valence electrons. The average Bonchev–Trinajstić information content (AvgIpc) is 2.86. The van der Waals surface area contributed by atoms with Gasteiger partial charge in [0.15, 0.2) is 0 Å². The van der Waals surface area contributed by atoms with Crippen molar-refractivity contribution in [1.29, 1.82) is 0 Å². The molecule has 0 amide bonds. The zero-order valence-corrected chi connectivity index (χ0v) is 11.9. The van der Waals surface area contributed by atoms with Crippen LogP contribution in [-0.2, 0) is 13.0 Å². The molecule has 0 bridgehead atoms. The third kappa shape index (κ3) is 3.52. The summed E-state index contributed by atoms with van der Waals surface area (Å²) in [6.45, 7) is 4.61. The zero-order valence-electron chi connectivity index (χ0n) is 11.1. The van der Waals surface area contributed by atoms with Gasteiger partial charge in [-0.25, -0.2) is 9.37 Å². The van der Waals surface area contributed by atoms with E-state index in [-0.39, 0.29) is 11.9 Å². The topological polar surface area (TPSA) is 50.9 Å². The Morgan fingerprint density at radius 3 is 2.89 bits per heavy atom. The van der Waals surface area contributed by atoms with Crippen molar-refractivity contribution in [2.75, 3.05) is 5.73 Å². The molecule has 0 fully saturated rings. The van der Waals surface area contributed by atoms with E-state index in [0.29, 0.717) is 17.8 Å². The summed E-state index contributed by atoms with van der Waals surface area (Å²) in [6.07, 6.45) is 2.90. The average molecular weight is 279 g/mol. The predicted molar refractivity (Wildman–Crippen MR) is 77.6 cm³/mol. The van der Waals surface area contributed by atoms with Crippen LogP contribution in [0.1, 0.15) is 35.3 Å². The maximum Gasteiger partial charge on any atom is 0.129 e. The first-order chi connectivity index (χ1) is 9.10. The highest BCUT2D eigenvalue weighted by atomic mass is 32.1. The number of benzene rings is 1. The van der Waals surface area contributed by atoms with E-state index in [4.69, 9.17) is 5.73 Å². The maximum atomic E-state index is 13.6. The van der Waals surface area contributed by atoms with E-state index in [0.717, 1.165) is 11.4 Å². The zero-order chi connectivity index (χ0) is 13.8. The van der Waals surface area contributed by atoms with Crippen LogP contribution in [0.4, 0.5) is 10.1 Å². The van der Waals surface area contributed by atoms with E-state index < -0.39 is 0 Å². The van der Waals surface area contributed by atoms with Crippen LogP contribution >= 0.6 is 11.3 Å². The number of nitrogens with one attached hydrogen (secondary N) is 1. The Morgan fingerprint density at radius 1 is 1.47 bits per heavy atom. The third-order valence-corrected chi connectivity index (χ3v) is 4.29. The lowest BCUT2D eigenvalue weighted by Crippen LogP contribution is -2.18. The van der Waals surface area contributed by atoms with Gasteiger partial charge < -0.3 is 11.1 Å². The minimum absolute atomic E-state index is 0.113. The van der Waals surface area contributed by atoms with E-state index in [1.54, 1.807) is 23.5 Å². The van der Waals surface area contributed by atoms with Gasteiger partial charge in [0, 0.05) is 28.9 Å². The summed E-state index contributed by atoms with van der Waals surface area (Å²) in [4.78, 5) is 5.64. The van der Waals surface area contributed by atoms with Gasteiger partial charge in [0.05, 0.1) is 6.04 Å². The molecule has 0 spiro atoms. The Hall–Kier alpha value is -1.46. The lowest BCUT2D eigenvalue weighted by molar-refractivity contribution is 0.543. The van der Waals surface area contributed by atoms with Gasteiger partial charge in [-0.3, -0.25) is 0 Å². The van der Waals surface area contributed by atoms with Gasteiger partial charge >= 0.3 is 0 Å². The van der Waals surface area contributed by atoms with Gasteiger partial charge in [-0.15, -0.1) is 11.3 Å². The predicted octanol–water partition coefficient (Wildman–Crippen LogP) is 3.28. The smallest absolute Gasteiger partial charge is 0.129 e. The molecule has 19 heavy (non-hydrogen) atoms. The number of thiazole rings is 1. The fraction of sp³-hybridized carbons (Fsp3) is 0.357. The molecular formula is C14H18FN3S. The first-order valence-electron chi connectivity index (χ1n) is 6.32. The Morgan fingerprint density at radius 2 is 2.26 bits per heavy atom. The highest BCUT2D eigenvalue weighted by Crippen LogP contribution is 2.21. The molecule has 3 N–H and O–H groups in total. The second kappa shape index (κ2) is 6.12. The van der Waals surface area contributed by atoms with Crippen molar-refractivity contribution in [3.8, 4) is 0 Å². The number of nitrogens with zero attached hydrogens (tertiary/aromatic N) is 1. The van der Waals surface area contributed by atoms with Crippen LogP contribution in [0.3, 0.4) is 0 Å². The first kappa shape index (κ1) is 14.0. The number of nitrogen functional groups attached to an aromatic ring is 1. The third-order valence-electron chi connectivity index (χ3n) is 2.97. The normalized spacial score (nSPS) is 12.6. The van der Waals surface area contributed by atoms with Crippen molar-refractivity contribution in [1.82, 2.24) is 10.3 Å². The van der Waals surface area contributed by atoms with Crippen molar-refractivity contribution < 1.29 is 4.39 Å². The summed E-state index contributed by atoms with van der Waals surface area (Å²) in [6, 6.07) is 4.88. The van der Waals surface area contributed by atoms with Gasteiger partial charge in [-0.2, -0.15) is 0 Å². The van der Waals surface area contributed by atoms with E-state index in [2.05, 4.69) is 17.2 Å². The number of anilines is 1. The summed E-state index contributed by atoms with van der Waals surface area (Å²) in [5, 5.41) is 4.31. The van der Waals surface area contributed by atoms with Crippen LogP contribution in [0, 0.1) is 5.82 Å². The fourth-order valence-electron chi connectivity index (χ4n) is 1.74. The standard InChI is InChI=1S/C14H18FN3S/c1-3-12-8-18-14(19-12)9(2)17-7-10-4-5-11(16)6-13(10)15/h4-6,8-9,17H,3,7,16H2,1-2H3. The number of aromatic nitrogens is 1.